The first kappa shape index (κ1) is 20.1. The van der Waals surface area contributed by atoms with Crippen LogP contribution in [0.1, 0.15) is 41.0 Å². The third kappa shape index (κ3) is 4.29. The lowest BCUT2D eigenvalue weighted by atomic mass is 9.73. The first-order valence-electron chi connectivity index (χ1n) is 9.66. The summed E-state index contributed by atoms with van der Waals surface area (Å²) in [5.41, 5.74) is 1.82. The van der Waals surface area contributed by atoms with Crippen molar-refractivity contribution in [2.45, 2.75) is 52.2 Å². The predicted molar refractivity (Wildman–Crippen MR) is 99.3 cm³/mol. The van der Waals surface area contributed by atoms with Crippen molar-refractivity contribution in [2.75, 3.05) is 26.3 Å². The zero-order valence-corrected chi connectivity index (χ0v) is 16.9. The molecule has 2 heterocycles. The van der Waals surface area contributed by atoms with E-state index in [-0.39, 0.29) is 17.8 Å². The zero-order valence-electron chi connectivity index (χ0n) is 16.9. The van der Waals surface area contributed by atoms with Crippen LogP contribution in [0.2, 0.25) is 0 Å². The fourth-order valence-electron chi connectivity index (χ4n) is 3.93. The Morgan fingerprint density at radius 1 is 1.44 bits per heavy atom. The quantitative estimate of drug-likeness (QED) is 0.806. The van der Waals surface area contributed by atoms with Crippen LogP contribution in [0.15, 0.2) is 23.7 Å². The van der Waals surface area contributed by atoms with Crippen LogP contribution in [-0.2, 0) is 14.3 Å². The van der Waals surface area contributed by atoms with Crippen molar-refractivity contribution in [1.82, 2.24) is 10.4 Å². The number of nitrogens with zero attached hydrogens (tertiary/aromatic N) is 1. The number of allylic oxidation sites excluding steroid dienone is 3. The first-order valence-corrected chi connectivity index (χ1v) is 9.66. The molecule has 0 radical (unpaired) electrons. The summed E-state index contributed by atoms with van der Waals surface area (Å²) in [6.07, 6.45) is 3.26. The maximum atomic E-state index is 14.8. The molecule has 7 heteroatoms. The fourth-order valence-corrected chi connectivity index (χ4v) is 3.93. The van der Waals surface area contributed by atoms with Gasteiger partial charge in [0.25, 0.3) is 0 Å². The van der Waals surface area contributed by atoms with Gasteiger partial charge in [0.15, 0.2) is 0 Å². The Kier molecular flexibility index (Phi) is 5.54. The Morgan fingerprint density at radius 3 is 2.85 bits per heavy atom. The third-order valence-electron chi connectivity index (χ3n) is 5.21. The van der Waals surface area contributed by atoms with Gasteiger partial charge in [0.2, 0.25) is 0 Å². The summed E-state index contributed by atoms with van der Waals surface area (Å²) in [5, 5.41) is 0. The molecule has 27 heavy (non-hydrogen) atoms. The monoisotopic (exact) mass is 382 g/mol. The summed E-state index contributed by atoms with van der Waals surface area (Å²) < 4.78 is 26.2. The Hall–Kier alpha value is -1.60. The molecule has 0 saturated carbocycles. The minimum absolute atomic E-state index is 0.00128. The van der Waals surface area contributed by atoms with Gasteiger partial charge in [-0.25, -0.2) is 9.18 Å². The van der Waals surface area contributed by atoms with E-state index in [0.717, 1.165) is 5.76 Å². The van der Waals surface area contributed by atoms with Gasteiger partial charge in [-0.1, -0.05) is 13.8 Å². The van der Waals surface area contributed by atoms with Crippen LogP contribution in [0.25, 0.3) is 0 Å². The van der Waals surface area contributed by atoms with E-state index < -0.39 is 17.1 Å². The molecule has 2 aliphatic heterocycles. The smallest absolute Gasteiger partial charge is 0.410 e. The van der Waals surface area contributed by atoms with Gasteiger partial charge in [-0.15, -0.1) is 0 Å². The van der Waals surface area contributed by atoms with E-state index >= 15 is 0 Å². The summed E-state index contributed by atoms with van der Waals surface area (Å²) >= 11 is 0. The van der Waals surface area contributed by atoms with E-state index in [2.05, 4.69) is 19.3 Å². The molecular formula is C20H31FN2O4. The number of carbonyl (C=O) groups excluding carboxylic acids is 1. The van der Waals surface area contributed by atoms with Crippen LogP contribution in [0.4, 0.5) is 9.18 Å². The highest BCUT2D eigenvalue weighted by atomic mass is 19.1. The van der Waals surface area contributed by atoms with Crippen LogP contribution < -0.4 is 5.48 Å². The minimum Gasteiger partial charge on any atom is -0.498 e. The first-order chi connectivity index (χ1) is 12.6. The summed E-state index contributed by atoms with van der Waals surface area (Å²) in [7, 11) is 0. The summed E-state index contributed by atoms with van der Waals surface area (Å²) in [5.74, 6) is 0.518. The van der Waals surface area contributed by atoms with E-state index in [1.54, 1.807) is 11.0 Å². The number of hydrogen-bond acceptors (Lipinski definition) is 5. The van der Waals surface area contributed by atoms with Crippen molar-refractivity contribution in [3.8, 4) is 0 Å². The average Bonchev–Trinajstić information content (AvgIpc) is 3.10. The Morgan fingerprint density at radius 2 is 2.19 bits per heavy atom. The fraction of sp³-hybridized carbons (Fsp3) is 0.750. The van der Waals surface area contributed by atoms with E-state index in [9.17, 15) is 9.18 Å². The van der Waals surface area contributed by atoms with Crippen molar-refractivity contribution in [1.29, 1.82) is 0 Å². The van der Waals surface area contributed by atoms with Gasteiger partial charge in [-0.05, 0) is 38.8 Å². The molecule has 2 fully saturated rings. The van der Waals surface area contributed by atoms with Crippen LogP contribution in [0, 0.1) is 17.8 Å². The highest BCUT2D eigenvalue weighted by Crippen LogP contribution is 2.46. The molecule has 0 aromatic carbocycles. The summed E-state index contributed by atoms with van der Waals surface area (Å²) in [6.45, 7) is 11.5. The van der Waals surface area contributed by atoms with Gasteiger partial charge in [0.05, 0.1) is 24.5 Å². The van der Waals surface area contributed by atoms with Crippen molar-refractivity contribution < 1.29 is 23.5 Å². The zero-order chi connectivity index (χ0) is 19.8. The molecule has 3 aliphatic rings. The number of rotatable bonds is 4. The van der Waals surface area contributed by atoms with E-state index in [4.69, 9.17) is 14.3 Å². The molecule has 2 saturated heterocycles. The van der Waals surface area contributed by atoms with Gasteiger partial charge in [0, 0.05) is 31.3 Å². The molecule has 3 atom stereocenters. The Bertz CT molecular complexity index is 640. The lowest BCUT2D eigenvalue weighted by Gasteiger charge is -2.37. The van der Waals surface area contributed by atoms with Crippen molar-refractivity contribution >= 4 is 6.09 Å². The number of hydrogen-bond donors (Lipinski definition) is 1. The van der Waals surface area contributed by atoms with Crippen LogP contribution >= 0.6 is 0 Å². The molecule has 3 rings (SSSR count). The summed E-state index contributed by atoms with van der Waals surface area (Å²) in [4.78, 5) is 19.7. The van der Waals surface area contributed by atoms with Gasteiger partial charge in [0.1, 0.15) is 11.4 Å². The SMILES string of the molecule is CC(C)COC1=CC=C(F)C(C23CN(C(=O)OC(C)(C)C)CC2CON3)C1. The standard InChI is InChI=1S/C20H31FN2O4/c1-13(2)10-25-15-6-7-17(21)16(8-15)20-12-23(9-14(20)11-26-22-20)18(24)27-19(3,4)5/h6-7,13-14,16,22H,8-12H2,1-5H3. The number of carbonyl (C=O) groups is 1. The van der Waals surface area contributed by atoms with Crippen molar-refractivity contribution in [3.63, 3.8) is 0 Å². The Balaban J connectivity index is 1.75. The predicted octanol–water partition coefficient (Wildman–Crippen LogP) is 3.56. The maximum Gasteiger partial charge on any atom is 0.410 e. The molecule has 0 spiro atoms. The van der Waals surface area contributed by atoms with Gasteiger partial charge in [-0.2, -0.15) is 5.48 Å². The molecule has 152 valence electrons. The van der Waals surface area contributed by atoms with Crippen molar-refractivity contribution in [3.05, 3.63) is 23.7 Å². The average molecular weight is 382 g/mol. The molecule has 1 N–H and O–H groups in total. The van der Waals surface area contributed by atoms with E-state index in [1.165, 1.54) is 6.08 Å². The van der Waals surface area contributed by atoms with Crippen LogP contribution in [0.5, 0.6) is 0 Å². The normalized spacial score (nSPS) is 30.9. The molecule has 6 nitrogen and oxygen atoms in total. The topological polar surface area (TPSA) is 60.0 Å². The third-order valence-corrected chi connectivity index (χ3v) is 5.21. The lowest BCUT2D eigenvalue weighted by molar-refractivity contribution is 0.00781. The molecule has 0 aromatic rings. The Labute approximate surface area is 160 Å². The number of amides is 1. The summed E-state index contributed by atoms with van der Waals surface area (Å²) in [6, 6.07) is 0. The number of ether oxygens (including phenoxy) is 2. The number of hydroxylamine groups is 1. The molecule has 3 unspecified atom stereocenters. The van der Waals surface area contributed by atoms with E-state index in [0.29, 0.717) is 38.6 Å². The maximum absolute atomic E-state index is 14.8. The number of halogens is 1. The van der Waals surface area contributed by atoms with Gasteiger partial charge < -0.3 is 19.2 Å². The number of likely N-dealkylation sites (tertiary alicyclic amines) is 1. The molecule has 1 amide bonds. The van der Waals surface area contributed by atoms with E-state index in [1.807, 2.05) is 20.8 Å². The number of nitrogens with one attached hydrogen (secondary N) is 1. The highest BCUT2D eigenvalue weighted by Gasteiger charge is 2.58. The minimum atomic E-state index is -0.668. The van der Waals surface area contributed by atoms with Crippen LogP contribution in [-0.4, -0.2) is 48.4 Å². The molecule has 0 bridgehead atoms. The van der Waals surface area contributed by atoms with Crippen LogP contribution in [0.3, 0.4) is 0 Å². The second kappa shape index (κ2) is 7.43. The van der Waals surface area contributed by atoms with Gasteiger partial charge >= 0.3 is 6.09 Å². The highest BCUT2D eigenvalue weighted by molar-refractivity contribution is 5.69. The molecule has 0 aromatic heterocycles. The molecular weight excluding hydrogens is 351 g/mol. The number of fused-ring (bicyclic) bond motifs is 1. The second-order valence-electron chi connectivity index (χ2n) is 9.16. The lowest BCUT2D eigenvalue weighted by Crippen LogP contribution is -2.53. The largest absolute Gasteiger partial charge is 0.498 e. The van der Waals surface area contributed by atoms with Gasteiger partial charge in [-0.3, -0.25) is 0 Å². The second-order valence-corrected chi connectivity index (χ2v) is 9.16. The van der Waals surface area contributed by atoms with Crippen molar-refractivity contribution in [2.24, 2.45) is 17.8 Å². The molecule has 1 aliphatic carbocycles.